The van der Waals surface area contributed by atoms with Gasteiger partial charge < -0.3 is 10.4 Å². The molecule has 6 heteroatoms. The second-order valence-electron chi connectivity index (χ2n) is 6.02. The average Bonchev–Trinajstić information content (AvgIpc) is 2.89. The minimum Gasteiger partial charge on any atom is -0.395 e. The van der Waals surface area contributed by atoms with Crippen molar-refractivity contribution in [3.05, 3.63) is 17.5 Å². The summed E-state index contributed by atoms with van der Waals surface area (Å²) in [5.74, 6) is -0.0742. The number of hydrogen-bond donors (Lipinski definition) is 2. The predicted octanol–water partition coefficient (Wildman–Crippen LogP) is 0.949. The van der Waals surface area contributed by atoms with Gasteiger partial charge >= 0.3 is 0 Å². The van der Waals surface area contributed by atoms with Crippen molar-refractivity contribution < 1.29 is 9.90 Å². The lowest BCUT2D eigenvalue weighted by Gasteiger charge is -2.34. The second kappa shape index (κ2) is 8.29. The molecule has 124 valence electrons. The van der Waals surface area contributed by atoms with E-state index in [0.29, 0.717) is 12.2 Å². The van der Waals surface area contributed by atoms with Gasteiger partial charge in [0.25, 0.3) is 5.91 Å². The van der Waals surface area contributed by atoms with Gasteiger partial charge in [-0.05, 0) is 31.9 Å². The molecule has 1 amide bonds. The van der Waals surface area contributed by atoms with E-state index in [2.05, 4.69) is 22.2 Å². The molecule has 2 N–H and O–H groups in total. The van der Waals surface area contributed by atoms with Gasteiger partial charge in [0.15, 0.2) is 0 Å². The summed E-state index contributed by atoms with van der Waals surface area (Å²) in [6.07, 6.45) is 5.32. The van der Waals surface area contributed by atoms with E-state index in [-0.39, 0.29) is 18.6 Å². The Balaban J connectivity index is 1.82. The molecule has 1 aromatic rings. The summed E-state index contributed by atoms with van der Waals surface area (Å²) in [4.78, 5) is 14.5. The average molecular weight is 308 g/mol. The number of aryl methyl sites for hydroxylation is 2. The molecular formula is C16H28N4O2. The van der Waals surface area contributed by atoms with Crippen molar-refractivity contribution in [1.82, 2.24) is 20.0 Å². The molecule has 0 bridgehead atoms. The van der Waals surface area contributed by atoms with Crippen LogP contribution in [0.15, 0.2) is 6.07 Å². The molecule has 1 atom stereocenters. The lowest BCUT2D eigenvalue weighted by atomic mass is 10.0. The predicted molar refractivity (Wildman–Crippen MR) is 85.8 cm³/mol. The summed E-state index contributed by atoms with van der Waals surface area (Å²) in [5.41, 5.74) is 1.58. The molecule has 22 heavy (non-hydrogen) atoms. The molecule has 0 radical (unpaired) electrons. The number of rotatable bonds is 7. The fraction of sp³-hybridized carbons (Fsp3) is 0.750. The van der Waals surface area contributed by atoms with Gasteiger partial charge in [-0.1, -0.05) is 19.8 Å². The number of nitrogens with one attached hydrogen (secondary N) is 1. The molecule has 1 aliphatic heterocycles. The zero-order chi connectivity index (χ0) is 15.9. The van der Waals surface area contributed by atoms with Crippen LogP contribution in [-0.2, 0) is 13.5 Å². The molecule has 0 saturated carbocycles. The molecule has 1 saturated heterocycles. The van der Waals surface area contributed by atoms with Gasteiger partial charge in [0.05, 0.1) is 12.3 Å². The van der Waals surface area contributed by atoms with Gasteiger partial charge in [0.1, 0.15) is 5.69 Å². The number of amides is 1. The van der Waals surface area contributed by atoms with Crippen LogP contribution >= 0.6 is 0 Å². The number of piperidine rings is 1. The first-order valence-electron chi connectivity index (χ1n) is 8.31. The van der Waals surface area contributed by atoms with Crippen LogP contribution < -0.4 is 5.32 Å². The molecule has 1 aliphatic rings. The summed E-state index contributed by atoms with van der Waals surface area (Å²) in [5, 5.41) is 16.7. The smallest absolute Gasteiger partial charge is 0.269 e. The molecule has 0 unspecified atom stereocenters. The van der Waals surface area contributed by atoms with Crippen LogP contribution in [0.4, 0.5) is 0 Å². The first-order chi connectivity index (χ1) is 10.7. The molecule has 0 aliphatic carbocycles. The van der Waals surface area contributed by atoms with Crippen molar-refractivity contribution in [1.29, 1.82) is 0 Å². The number of aliphatic hydroxyl groups is 1. The molecule has 2 rings (SSSR count). The Morgan fingerprint density at radius 3 is 3.05 bits per heavy atom. The Kier molecular flexibility index (Phi) is 6.39. The number of hydrogen-bond acceptors (Lipinski definition) is 4. The minimum atomic E-state index is -0.0742. The maximum Gasteiger partial charge on any atom is 0.269 e. The molecule has 0 aromatic carbocycles. The largest absolute Gasteiger partial charge is 0.395 e. The second-order valence-corrected chi connectivity index (χ2v) is 6.02. The highest BCUT2D eigenvalue weighted by molar-refractivity contribution is 5.92. The van der Waals surface area contributed by atoms with E-state index >= 15 is 0 Å². The minimum absolute atomic E-state index is 0.0742. The van der Waals surface area contributed by atoms with Gasteiger partial charge in [-0.25, -0.2) is 0 Å². The summed E-state index contributed by atoms with van der Waals surface area (Å²) < 4.78 is 1.65. The molecule has 0 spiro atoms. The molecular weight excluding hydrogens is 280 g/mol. The Bertz CT molecular complexity index is 486. The van der Waals surface area contributed by atoms with Crippen molar-refractivity contribution in [2.24, 2.45) is 7.05 Å². The van der Waals surface area contributed by atoms with Crippen molar-refractivity contribution in [2.75, 3.05) is 26.2 Å². The summed E-state index contributed by atoms with van der Waals surface area (Å²) in [7, 11) is 1.81. The zero-order valence-electron chi connectivity index (χ0n) is 13.7. The van der Waals surface area contributed by atoms with Crippen molar-refractivity contribution in [3.8, 4) is 0 Å². The topological polar surface area (TPSA) is 70.4 Å². The first kappa shape index (κ1) is 17.0. The lowest BCUT2D eigenvalue weighted by molar-refractivity contribution is 0.0844. The van der Waals surface area contributed by atoms with E-state index in [1.165, 1.54) is 12.8 Å². The van der Waals surface area contributed by atoms with E-state index in [9.17, 15) is 9.90 Å². The Morgan fingerprint density at radius 1 is 1.50 bits per heavy atom. The first-order valence-corrected chi connectivity index (χ1v) is 8.31. The third kappa shape index (κ3) is 4.30. The van der Waals surface area contributed by atoms with E-state index in [1.807, 2.05) is 6.07 Å². The van der Waals surface area contributed by atoms with Gasteiger partial charge in [0, 0.05) is 26.2 Å². The maximum atomic E-state index is 12.2. The summed E-state index contributed by atoms with van der Waals surface area (Å²) in [6.45, 7) is 4.70. The van der Waals surface area contributed by atoms with E-state index in [4.69, 9.17) is 0 Å². The molecule has 2 heterocycles. The normalized spacial score (nSPS) is 19.3. The Labute approximate surface area is 132 Å². The summed E-state index contributed by atoms with van der Waals surface area (Å²) in [6, 6.07) is 2.12. The van der Waals surface area contributed by atoms with Crippen LogP contribution in [-0.4, -0.2) is 58.0 Å². The lowest BCUT2D eigenvalue weighted by Crippen LogP contribution is -2.45. The zero-order valence-corrected chi connectivity index (χ0v) is 13.7. The van der Waals surface area contributed by atoms with Gasteiger partial charge in [-0.3, -0.25) is 14.4 Å². The number of aromatic nitrogens is 2. The Hall–Kier alpha value is -1.40. The van der Waals surface area contributed by atoms with Gasteiger partial charge in [0.2, 0.25) is 0 Å². The highest BCUT2D eigenvalue weighted by Crippen LogP contribution is 2.15. The maximum absolute atomic E-state index is 12.2. The molecule has 6 nitrogen and oxygen atoms in total. The van der Waals surface area contributed by atoms with Crippen molar-refractivity contribution in [2.45, 2.75) is 45.1 Å². The third-order valence-corrected chi connectivity index (χ3v) is 4.31. The Morgan fingerprint density at radius 2 is 2.32 bits per heavy atom. The van der Waals surface area contributed by atoms with Crippen molar-refractivity contribution in [3.63, 3.8) is 0 Å². The van der Waals surface area contributed by atoms with Crippen LogP contribution in [0.1, 0.15) is 48.8 Å². The van der Waals surface area contributed by atoms with Crippen LogP contribution in [0.5, 0.6) is 0 Å². The van der Waals surface area contributed by atoms with Crippen LogP contribution in [0.2, 0.25) is 0 Å². The van der Waals surface area contributed by atoms with Gasteiger partial charge in [-0.15, -0.1) is 0 Å². The number of likely N-dealkylation sites (tertiary alicyclic amines) is 1. The fourth-order valence-corrected chi connectivity index (χ4v) is 3.08. The number of aliphatic hydroxyl groups excluding tert-OH is 1. The van der Waals surface area contributed by atoms with E-state index in [1.54, 1.807) is 11.7 Å². The number of nitrogens with zero attached hydrogens (tertiary/aromatic N) is 3. The van der Waals surface area contributed by atoms with Crippen LogP contribution in [0.25, 0.3) is 0 Å². The standard InChI is InChI=1S/C16H28N4O2/c1-3-6-13-11-15(19(2)18-13)16(22)17-8-10-20-9-5-4-7-14(20)12-21/h11,14,21H,3-10,12H2,1-2H3,(H,17,22)/t14-/m1/s1. The monoisotopic (exact) mass is 308 g/mol. The third-order valence-electron chi connectivity index (χ3n) is 4.31. The van der Waals surface area contributed by atoms with Crippen molar-refractivity contribution >= 4 is 5.91 Å². The highest BCUT2D eigenvalue weighted by atomic mass is 16.3. The van der Waals surface area contributed by atoms with E-state index < -0.39 is 0 Å². The van der Waals surface area contributed by atoms with Crippen LogP contribution in [0, 0.1) is 0 Å². The fourth-order valence-electron chi connectivity index (χ4n) is 3.08. The van der Waals surface area contributed by atoms with Crippen LogP contribution in [0.3, 0.4) is 0 Å². The quantitative estimate of drug-likeness (QED) is 0.787. The summed E-state index contributed by atoms with van der Waals surface area (Å²) >= 11 is 0. The molecule has 1 aromatic heterocycles. The van der Waals surface area contributed by atoms with Gasteiger partial charge in [-0.2, -0.15) is 5.10 Å². The highest BCUT2D eigenvalue weighted by Gasteiger charge is 2.21. The number of carbonyl (C=O) groups excluding carboxylic acids is 1. The molecule has 1 fully saturated rings. The van der Waals surface area contributed by atoms with E-state index in [0.717, 1.165) is 38.0 Å². The number of carbonyl (C=O) groups is 1. The SMILES string of the molecule is CCCc1cc(C(=O)NCCN2CCCC[C@@H]2CO)n(C)n1.